The lowest BCUT2D eigenvalue weighted by Crippen LogP contribution is -2.46. The predicted molar refractivity (Wildman–Crippen MR) is 60.0 cm³/mol. The Kier molecular flexibility index (Phi) is 3.10. The van der Waals surface area contributed by atoms with Crippen LogP contribution in [0.1, 0.15) is 22.3 Å². The zero-order valence-electron chi connectivity index (χ0n) is 9.19. The Bertz CT molecular complexity index is 399. The maximum absolute atomic E-state index is 10.9. The van der Waals surface area contributed by atoms with Gasteiger partial charge in [0.05, 0.1) is 5.56 Å². The average Bonchev–Trinajstić information content (AvgIpc) is 2.17. The molecular weight excluding hydrogens is 206 g/mol. The minimum atomic E-state index is -0.912. The molecule has 4 heteroatoms. The maximum atomic E-state index is 10.9. The summed E-state index contributed by atoms with van der Waals surface area (Å²) in [6.07, 6.45) is 1.12. The van der Waals surface area contributed by atoms with E-state index < -0.39 is 5.97 Å². The van der Waals surface area contributed by atoms with Crippen molar-refractivity contribution in [1.82, 2.24) is 5.32 Å². The van der Waals surface area contributed by atoms with Gasteiger partial charge in [-0.1, -0.05) is 6.07 Å². The molecule has 16 heavy (non-hydrogen) atoms. The first kappa shape index (κ1) is 11.0. The van der Waals surface area contributed by atoms with Gasteiger partial charge >= 0.3 is 5.97 Å². The van der Waals surface area contributed by atoms with E-state index in [9.17, 15) is 4.79 Å². The van der Waals surface area contributed by atoms with E-state index in [1.165, 1.54) is 0 Å². The highest BCUT2D eigenvalue weighted by molar-refractivity contribution is 5.89. The molecule has 1 aliphatic rings. The Morgan fingerprint density at radius 2 is 2.38 bits per heavy atom. The third-order valence-corrected chi connectivity index (χ3v) is 2.82. The molecule has 1 heterocycles. The monoisotopic (exact) mass is 221 g/mol. The summed E-state index contributed by atoms with van der Waals surface area (Å²) >= 11 is 0. The number of aromatic carboxylic acids is 1. The first-order valence-corrected chi connectivity index (χ1v) is 5.37. The second-order valence-electron chi connectivity index (χ2n) is 4.03. The number of carbonyl (C=O) groups is 1. The van der Waals surface area contributed by atoms with Crippen LogP contribution in [0.4, 0.5) is 0 Å². The van der Waals surface area contributed by atoms with Crippen molar-refractivity contribution in [1.29, 1.82) is 0 Å². The predicted octanol–water partition coefficient (Wildman–Crippen LogP) is 1.43. The fourth-order valence-corrected chi connectivity index (χ4v) is 1.61. The van der Waals surface area contributed by atoms with Crippen LogP contribution in [0, 0.1) is 6.92 Å². The number of hydrogen-bond donors (Lipinski definition) is 2. The largest absolute Gasteiger partial charge is 0.492 e. The van der Waals surface area contributed by atoms with E-state index in [4.69, 9.17) is 9.84 Å². The number of carboxylic acid groups (broad SMARTS) is 1. The van der Waals surface area contributed by atoms with Crippen LogP contribution in [0.25, 0.3) is 0 Å². The van der Waals surface area contributed by atoms with Crippen molar-refractivity contribution in [3.8, 4) is 5.75 Å². The highest BCUT2D eigenvalue weighted by Crippen LogP contribution is 2.18. The number of aryl methyl sites for hydroxylation is 1. The average molecular weight is 221 g/mol. The second kappa shape index (κ2) is 4.53. The highest BCUT2D eigenvalue weighted by Gasteiger charge is 2.17. The van der Waals surface area contributed by atoms with Gasteiger partial charge in [-0.05, 0) is 37.6 Å². The standard InChI is InChI=1S/C12H15NO3/c1-8-2-3-10(6-11(8)12(14)15)16-7-9-4-5-13-9/h2-3,6,9,13H,4-5,7H2,1H3,(H,14,15)/t9-/m0/s1. The molecule has 0 saturated carbocycles. The molecule has 1 atom stereocenters. The minimum Gasteiger partial charge on any atom is -0.492 e. The molecule has 0 aliphatic carbocycles. The van der Waals surface area contributed by atoms with Crippen LogP contribution in [0.3, 0.4) is 0 Å². The van der Waals surface area contributed by atoms with Crippen LogP contribution in [0.2, 0.25) is 0 Å². The van der Waals surface area contributed by atoms with Crippen molar-refractivity contribution in [3.05, 3.63) is 29.3 Å². The Hall–Kier alpha value is -1.55. The molecule has 1 aromatic carbocycles. The Morgan fingerprint density at radius 3 is 2.94 bits per heavy atom. The van der Waals surface area contributed by atoms with Gasteiger partial charge in [-0.3, -0.25) is 0 Å². The third-order valence-electron chi connectivity index (χ3n) is 2.82. The second-order valence-corrected chi connectivity index (χ2v) is 4.03. The highest BCUT2D eigenvalue weighted by atomic mass is 16.5. The first-order valence-electron chi connectivity index (χ1n) is 5.37. The summed E-state index contributed by atoms with van der Waals surface area (Å²) in [5.74, 6) is -0.290. The normalized spacial score (nSPS) is 18.9. The summed E-state index contributed by atoms with van der Waals surface area (Å²) in [4.78, 5) is 10.9. The quantitative estimate of drug-likeness (QED) is 0.807. The molecule has 86 valence electrons. The van der Waals surface area contributed by atoms with Gasteiger partial charge in [-0.25, -0.2) is 4.79 Å². The van der Waals surface area contributed by atoms with Crippen molar-refractivity contribution in [2.24, 2.45) is 0 Å². The van der Waals surface area contributed by atoms with Crippen LogP contribution >= 0.6 is 0 Å². The van der Waals surface area contributed by atoms with Gasteiger partial charge in [-0.15, -0.1) is 0 Å². The smallest absolute Gasteiger partial charge is 0.336 e. The zero-order chi connectivity index (χ0) is 11.5. The lowest BCUT2D eigenvalue weighted by atomic mass is 10.1. The molecule has 1 aromatic rings. The van der Waals surface area contributed by atoms with Crippen molar-refractivity contribution in [2.75, 3.05) is 13.2 Å². The molecule has 1 fully saturated rings. The minimum absolute atomic E-state index is 0.305. The van der Waals surface area contributed by atoms with E-state index in [1.807, 2.05) is 0 Å². The SMILES string of the molecule is Cc1ccc(OC[C@@H]2CCN2)cc1C(=O)O. The van der Waals surface area contributed by atoms with Crippen LogP contribution in [-0.4, -0.2) is 30.3 Å². The van der Waals surface area contributed by atoms with Gasteiger partial charge in [-0.2, -0.15) is 0 Å². The van der Waals surface area contributed by atoms with Gasteiger partial charge in [0.15, 0.2) is 0 Å². The van der Waals surface area contributed by atoms with Crippen LogP contribution in [0.5, 0.6) is 5.75 Å². The van der Waals surface area contributed by atoms with E-state index in [0.29, 0.717) is 24.0 Å². The third kappa shape index (κ3) is 2.33. The molecule has 4 nitrogen and oxygen atoms in total. The van der Waals surface area contributed by atoms with Crippen molar-refractivity contribution < 1.29 is 14.6 Å². The number of ether oxygens (including phenoxy) is 1. The van der Waals surface area contributed by atoms with Crippen molar-refractivity contribution in [2.45, 2.75) is 19.4 Å². The molecule has 2 rings (SSSR count). The Morgan fingerprint density at radius 1 is 1.62 bits per heavy atom. The summed E-state index contributed by atoms with van der Waals surface area (Å²) in [7, 11) is 0. The lowest BCUT2D eigenvalue weighted by molar-refractivity contribution is 0.0695. The van der Waals surface area contributed by atoms with E-state index >= 15 is 0 Å². The molecule has 0 aromatic heterocycles. The van der Waals surface area contributed by atoms with Gasteiger partial charge in [0.2, 0.25) is 0 Å². The van der Waals surface area contributed by atoms with E-state index in [0.717, 1.165) is 18.5 Å². The Balaban J connectivity index is 2.03. The molecule has 1 aliphatic heterocycles. The molecule has 0 unspecified atom stereocenters. The van der Waals surface area contributed by atoms with Gasteiger partial charge in [0, 0.05) is 6.04 Å². The summed E-state index contributed by atoms with van der Waals surface area (Å²) in [5, 5.41) is 12.2. The molecule has 0 bridgehead atoms. The topological polar surface area (TPSA) is 58.6 Å². The number of benzene rings is 1. The fourth-order valence-electron chi connectivity index (χ4n) is 1.61. The number of carboxylic acids is 1. The Labute approximate surface area is 94.2 Å². The number of hydrogen-bond acceptors (Lipinski definition) is 3. The maximum Gasteiger partial charge on any atom is 0.336 e. The van der Waals surface area contributed by atoms with Crippen LogP contribution in [0.15, 0.2) is 18.2 Å². The summed E-state index contributed by atoms with van der Waals surface area (Å²) in [5.41, 5.74) is 1.06. The van der Waals surface area contributed by atoms with Gasteiger partial charge < -0.3 is 15.2 Å². The van der Waals surface area contributed by atoms with E-state index in [-0.39, 0.29) is 0 Å². The van der Waals surface area contributed by atoms with Crippen molar-refractivity contribution >= 4 is 5.97 Å². The van der Waals surface area contributed by atoms with E-state index in [1.54, 1.807) is 25.1 Å². The molecule has 0 amide bonds. The molecule has 0 spiro atoms. The van der Waals surface area contributed by atoms with E-state index in [2.05, 4.69) is 5.32 Å². The summed E-state index contributed by atoms with van der Waals surface area (Å²) in [6, 6.07) is 5.57. The fraction of sp³-hybridized carbons (Fsp3) is 0.417. The van der Waals surface area contributed by atoms with Crippen LogP contribution < -0.4 is 10.1 Å². The zero-order valence-corrected chi connectivity index (χ0v) is 9.19. The molecular formula is C12H15NO3. The van der Waals surface area contributed by atoms with Crippen LogP contribution in [-0.2, 0) is 0 Å². The molecule has 2 N–H and O–H groups in total. The first-order chi connectivity index (χ1) is 7.66. The molecule has 1 saturated heterocycles. The molecule has 0 radical (unpaired) electrons. The number of nitrogens with one attached hydrogen (secondary N) is 1. The van der Waals surface area contributed by atoms with Crippen molar-refractivity contribution in [3.63, 3.8) is 0 Å². The summed E-state index contributed by atoms with van der Waals surface area (Å²) in [6.45, 7) is 3.42. The van der Waals surface area contributed by atoms with Gasteiger partial charge in [0.25, 0.3) is 0 Å². The lowest BCUT2D eigenvalue weighted by Gasteiger charge is -2.27. The number of rotatable bonds is 4. The summed E-state index contributed by atoms with van der Waals surface area (Å²) < 4.78 is 5.53. The van der Waals surface area contributed by atoms with Gasteiger partial charge in [0.1, 0.15) is 12.4 Å².